The van der Waals surface area contributed by atoms with Gasteiger partial charge in [0.05, 0.1) is 24.4 Å². The van der Waals surface area contributed by atoms with E-state index in [2.05, 4.69) is 44.3 Å². The maximum absolute atomic E-state index is 5.65. The molecule has 0 bridgehead atoms. The Bertz CT molecular complexity index is 741. The van der Waals surface area contributed by atoms with E-state index in [-0.39, 0.29) is 12.1 Å². The number of methoxy groups -OCH3 is 1. The predicted molar refractivity (Wildman–Crippen MR) is 106 cm³/mol. The van der Waals surface area contributed by atoms with Crippen LogP contribution in [0.3, 0.4) is 0 Å². The summed E-state index contributed by atoms with van der Waals surface area (Å²) in [5, 5.41) is 4.26. The summed E-state index contributed by atoms with van der Waals surface area (Å²) in [6.07, 6.45) is 11.6. The lowest BCUT2D eigenvalue weighted by molar-refractivity contribution is 0.164. The molecular formula is C20H26N4OS. The first-order chi connectivity index (χ1) is 12.8. The molecule has 1 saturated heterocycles. The van der Waals surface area contributed by atoms with E-state index in [1.165, 1.54) is 31.2 Å². The van der Waals surface area contributed by atoms with Gasteiger partial charge in [0.1, 0.15) is 0 Å². The summed E-state index contributed by atoms with van der Waals surface area (Å²) in [7, 11) is 1.73. The highest BCUT2D eigenvalue weighted by Crippen LogP contribution is 2.39. The zero-order chi connectivity index (χ0) is 17.9. The van der Waals surface area contributed by atoms with Crippen molar-refractivity contribution in [3.63, 3.8) is 0 Å². The van der Waals surface area contributed by atoms with Crippen LogP contribution in [0.25, 0.3) is 0 Å². The number of rotatable bonds is 6. The summed E-state index contributed by atoms with van der Waals surface area (Å²) in [5.74, 6) is 0. The molecular weight excluding hydrogens is 344 g/mol. The smallest absolute Gasteiger partial charge is 0.170 e. The number of hydrogen-bond donors (Lipinski definition) is 1. The van der Waals surface area contributed by atoms with E-state index in [9.17, 15) is 0 Å². The number of pyridine rings is 1. The molecule has 0 amide bonds. The summed E-state index contributed by atoms with van der Waals surface area (Å²) < 4.78 is 7.71. The lowest BCUT2D eigenvalue weighted by Crippen LogP contribution is -2.32. The predicted octanol–water partition coefficient (Wildman–Crippen LogP) is 3.62. The molecule has 1 saturated carbocycles. The van der Waals surface area contributed by atoms with Crippen molar-refractivity contribution in [1.29, 1.82) is 0 Å². The molecule has 1 aliphatic carbocycles. The van der Waals surface area contributed by atoms with Gasteiger partial charge in [-0.15, -0.1) is 0 Å². The lowest BCUT2D eigenvalue weighted by Gasteiger charge is -2.27. The Kier molecular flexibility index (Phi) is 5.22. The van der Waals surface area contributed by atoms with E-state index >= 15 is 0 Å². The molecule has 0 radical (unpaired) electrons. The summed E-state index contributed by atoms with van der Waals surface area (Å²) in [4.78, 5) is 6.83. The van der Waals surface area contributed by atoms with Crippen LogP contribution in [-0.4, -0.2) is 39.8 Å². The number of nitrogens with one attached hydrogen (secondary N) is 1. The molecule has 2 atom stereocenters. The first kappa shape index (κ1) is 17.5. The molecule has 2 aromatic heterocycles. The first-order valence-corrected chi connectivity index (χ1v) is 9.83. The van der Waals surface area contributed by atoms with Gasteiger partial charge in [-0.1, -0.05) is 18.9 Å². The fourth-order valence-corrected chi connectivity index (χ4v) is 4.57. The second-order valence-corrected chi connectivity index (χ2v) is 7.53. The maximum Gasteiger partial charge on any atom is 0.170 e. The van der Waals surface area contributed by atoms with E-state index in [1.54, 1.807) is 7.11 Å². The molecule has 6 heteroatoms. The van der Waals surface area contributed by atoms with Crippen molar-refractivity contribution in [2.45, 2.75) is 43.8 Å². The van der Waals surface area contributed by atoms with Gasteiger partial charge in [-0.3, -0.25) is 4.98 Å². The third-order valence-corrected chi connectivity index (χ3v) is 5.91. The van der Waals surface area contributed by atoms with Gasteiger partial charge in [0, 0.05) is 38.3 Å². The second kappa shape index (κ2) is 7.76. The number of aromatic nitrogens is 2. The van der Waals surface area contributed by atoms with Gasteiger partial charge in [0.25, 0.3) is 0 Å². The molecule has 0 unspecified atom stereocenters. The minimum Gasteiger partial charge on any atom is -0.383 e. The van der Waals surface area contributed by atoms with Crippen molar-refractivity contribution >= 4 is 17.3 Å². The third-order valence-electron chi connectivity index (χ3n) is 5.56. The van der Waals surface area contributed by atoms with Crippen molar-refractivity contribution < 1.29 is 4.74 Å². The summed E-state index contributed by atoms with van der Waals surface area (Å²) >= 11 is 5.65. The Labute approximate surface area is 160 Å². The largest absolute Gasteiger partial charge is 0.383 e. The summed E-state index contributed by atoms with van der Waals surface area (Å²) in [6, 6.07) is 9.13. The minimum absolute atomic E-state index is 0.0555. The van der Waals surface area contributed by atoms with E-state index in [4.69, 9.17) is 17.0 Å². The van der Waals surface area contributed by atoms with Gasteiger partial charge < -0.3 is 19.5 Å². The van der Waals surface area contributed by atoms with Crippen LogP contribution in [0.1, 0.15) is 55.1 Å². The zero-order valence-electron chi connectivity index (χ0n) is 15.2. The molecule has 1 aliphatic heterocycles. The highest BCUT2D eigenvalue weighted by atomic mass is 32.1. The summed E-state index contributed by atoms with van der Waals surface area (Å²) in [5.41, 5.74) is 2.31. The zero-order valence-corrected chi connectivity index (χ0v) is 16.0. The molecule has 4 rings (SSSR count). The standard InChI is InChI=1S/C20H26N4OS/c1-25-13-12-24-19(15-9-11-23(14-15)16-6-2-3-7-16)18(22-20(24)26)17-8-4-5-10-21-17/h4-5,8-11,14,16,18-19H,2-3,6-7,12-13H2,1H3,(H,22,26)/t18-,19-/m1/s1. The number of hydrogen-bond acceptors (Lipinski definition) is 3. The fourth-order valence-electron chi connectivity index (χ4n) is 4.23. The Hall–Kier alpha value is -1.92. The average Bonchev–Trinajstić information content (AvgIpc) is 3.40. The third kappa shape index (κ3) is 3.35. The van der Waals surface area contributed by atoms with Gasteiger partial charge in [-0.2, -0.15) is 0 Å². The van der Waals surface area contributed by atoms with Crippen LogP contribution in [0, 0.1) is 0 Å². The molecule has 2 aliphatic rings. The van der Waals surface area contributed by atoms with Gasteiger partial charge in [0.15, 0.2) is 5.11 Å². The first-order valence-electron chi connectivity index (χ1n) is 9.42. The average molecular weight is 371 g/mol. The molecule has 26 heavy (non-hydrogen) atoms. The van der Waals surface area contributed by atoms with Gasteiger partial charge in [-0.25, -0.2) is 0 Å². The highest BCUT2D eigenvalue weighted by molar-refractivity contribution is 7.80. The molecule has 0 spiro atoms. The molecule has 1 N–H and O–H groups in total. The van der Waals surface area contributed by atoms with Crippen molar-refractivity contribution in [3.05, 3.63) is 54.1 Å². The van der Waals surface area contributed by atoms with Crippen molar-refractivity contribution in [1.82, 2.24) is 19.8 Å². The Balaban J connectivity index is 1.66. The molecule has 138 valence electrons. The van der Waals surface area contributed by atoms with Crippen LogP contribution in [-0.2, 0) is 4.74 Å². The fraction of sp³-hybridized carbons (Fsp3) is 0.500. The van der Waals surface area contributed by atoms with Crippen molar-refractivity contribution in [2.24, 2.45) is 0 Å². The number of nitrogens with zero attached hydrogens (tertiary/aromatic N) is 3. The van der Waals surface area contributed by atoms with Crippen LogP contribution in [0.2, 0.25) is 0 Å². The molecule has 5 nitrogen and oxygen atoms in total. The molecule has 0 aromatic carbocycles. The topological polar surface area (TPSA) is 42.3 Å². The van der Waals surface area contributed by atoms with Crippen molar-refractivity contribution in [2.75, 3.05) is 20.3 Å². The summed E-state index contributed by atoms with van der Waals surface area (Å²) in [6.45, 7) is 1.42. The lowest BCUT2D eigenvalue weighted by atomic mass is 9.99. The van der Waals surface area contributed by atoms with E-state index in [0.29, 0.717) is 12.6 Å². The SMILES string of the molecule is COCCN1C(=S)N[C@H](c2ccccn2)[C@H]1c1ccn(C2CCCC2)c1. The molecule has 2 aromatic rings. The minimum atomic E-state index is 0.0555. The quantitative estimate of drug-likeness (QED) is 0.787. The Morgan fingerprint density at radius 1 is 1.27 bits per heavy atom. The number of ether oxygens (including phenoxy) is 1. The highest BCUT2D eigenvalue weighted by Gasteiger charge is 2.40. The van der Waals surface area contributed by atoms with Crippen molar-refractivity contribution in [3.8, 4) is 0 Å². The normalized spacial score (nSPS) is 23.6. The van der Waals surface area contributed by atoms with Crippen LogP contribution >= 0.6 is 12.2 Å². The van der Waals surface area contributed by atoms with Gasteiger partial charge in [-0.05, 0) is 48.8 Å². The van der Waals surface area contributed by atoms with E-state index in [1.807, 2.05) is 18.3 Å². The van der Waals surface area contributed by atoms with Gasteiger partial charge >= 0.3 is 0 Å². The van der Waals surface area contributed by atoms with Crippen LogP contribution < -0.4 is 5.32 Å². The monoisotopic (exact) mass is 370 g/mol. The number of thiocarbonyl (C=S) groups is 1. The second-order valence-electron chi connectivity index (χ2n) is 7.14. The van der Waals surface area contributed by atoms with Crippen LogP contribution in [0.4, 0.5) is 0 Å². The van der Waals surface area contributed by atoms with Crippen LogP contribution in [0.15, 0.2) is 42.9 Å². The van der Waals surface area contributed by atoms with Gasteiger partial charge in [0.2, 0.25) is 0 Å². The molecule has 3 heterocycles. The Morgan fingerprint density at radius 3 is 2.85 bits per heavy atom. The Morgan fingerprint density at radius 2 is 2.12 bits per heavy atom. The van der Waals surface area contributed by atoms with E-state index in [0.717, 1.165) is 17.4 Å². The maximum atomic E-state index is 5.65. The molecule has 2 fully saturated rings. The van der Waals surface area contributed by atoms with Crippen LogP contribution in [0.5, 0.6) is 0 Å². The van der Waals surface area contributed by atoms with E-state index < -0.39 is 0 Å².